The Labute approximate surface area is 155 Å². The summed E-state index contributed by atoms with van der Waals surface area (Å²) in [5, 5.41) is 10.5. The van der Waals surface area contributed by atoms with Crippen molar-refractivity contribution < 1.29 is 9.53 Å². The van der Waals surface area contributed by atoms with Crippen molar-refractivity contribution in [3.63, 3.8) is 0 Å². The zero-order valence-electron chi connectivity index (χ0n) is 14.4. The lowest BCUT2D eigenvalue weighted by atomic mass is 10.2. The van der Waals surface area contributed by atoms with Gasteiger partial charge in [-0.3, -0.25) is 9.89 Å². The quantitative estimate of drug-likeness (QED) is 0.507. The molecule has 0 saturated carbocycles. The number of nitrogens with zero attached hydrogens (tertiary/aromatic N) is 2. The Morgan fingerprint density at radius 2 is 1.92 bits per heavy atom. The zero-order valence-corrected chi connectivity index (χ0v) is 15.2. The number of rotatable bonds is 6. The van der Waals surface area contributed by atoms with Crippen LogP contribution in [-0.4, -0.2) is 35.7 Å². The number of methoxy groups -OCH3 is 1. The van der Waals surface area contributed by atoms with Crippen LogP contribution in [0.2, 0.25) is 0 Å². The summed E-state index contributed by atoms with van der Waals surface area (Å²) in [5.41, 5.74) is 2.02. The number of aliphatic imine (C=N–C) groups is 1. The fraction of sp³-hybridized carbons (Fsp3) is 0.105. The molecule has 2 N–H and O–H groups in total. The van der Waals surface area contributed by atoms with Crippen molar-refractivity contribution in [2.75, 3.05) is 18.7 Å². The molecular formula is C19H18N4O2S. The number of thioether (sulfide) groups is 1. The summed E-state index contributed by atoms with van der Waals surface area (Å²) in [7, 11) is 1.60. The molecule has 0 saturated heterocycles. The lowest BCUT2D eigenvalue weighted by Gasteiger charge is -2.06. The fourth-order valence-corrected chi connectivity index (χ4v) is 2.84. The zero-order chi connectivity index (χ0) is 18.4. The van der Waals surface area contributed by atoms with Gasteiger partial charge in [0, 0.05) is 11.9 Å². The second kappa shape index (κ2) is 8.35. The maximum atomic E-state index is 12.8. The van der Waals surface area contributed by atoms with Crippen LogP contribution in [0.1, 0.15) is 15.9 Å². The number of aromatic amines is 1. The van der Waals surface area contributed by atoms with Gasteiger partial charge in [-0.2, -0.15) is 5.10 Å². The number of hydrogen-bond acceptors (Lipinski definition) is 5. The predicted molar refractivity (Wildman–Crippen MR) is 105 cm³/mol. The minimum Gasteiger partial charge on any atom is -0.497 e. The molecule has 0 fully saturated rings. The van der Waals surface area contributed by atoms with Crippen LogP contribution >= 0.6 is 11.8 Å². The van der Waals surface area contributed by atoms with Gasteiger partial charge in [-0.1, -0.05) is 30.3 Å². The number of nitrogens with one attached hydrogen (secondary N) is 2. The summed E-state index contributed by atoms with van der Waals surface area (Å²) in [6, 6.07) is 16.8. The van der Waals surface area contributed by atoms with E-state index in [9.17, 15) is 4.79 Å². The molecule has 6 nitrogen and oxygen atoms in total. The van der Waals surface area contributed by atoms with Gasteiger partial charge in [-0.05, 0) is 36.1 Å². The summed E-state index contributed by atoms with van der Waals surface area (Å²) < 4.78 is 5.13. The van der Waals surface area contributed by atoms with Gasteiger partial charge in [0.25, 0.3) is 5.91 Å². The van der Waals surface area contributed by atoms with Gasteiger partial charge >= 0.3 is 0 Å². The maximum Gasteiger partial charge on any atom is 0.262 e. The molecule has 26 heavy (non-hydrogen) atoms. The Morgan fingerprint density at radius 3 is 2.58 bits per heavy atom. The van der Waals surface area contributed by atoms with Crippen LogP contribution < -0.4 is 10.1 Å². The Morgan fingerprint density at radius 1 is 1.19 bits per heavy atom. The standard InChI is InChI=1S/C19H18N4O2S/c1-25-15-10-8-14(9-11-15)21-18(24)16-17(22-23-19(16)26-2)20-12-13-6-4-3-5-7-13/h3-12H,1-2H3,(H,21,24)(H,22,23)/b20-12+. The molecular weight excluding hydrogens is 348 g/mol. The van der Waals surface area contributed by atoms with Gasteiger partial charge in [-0.25, -0.2) is 4.99 Å². The highest BCUT2D eigenvalue weighted by molar-refractivity contribution is 7.98. The third-order valence-electron chi connectivity index (χ3n) is 3.62. The predicted octanol–water partition coefficient (Wildman–Crippen LogP) is 4.14. The molecule has 3 rings (SSSR count). The molecule has 7 heteroatoms. The summed E-state index contributed by atoms with van der Waals surface area (Å²) in [6.45, 7) is 0. The molecule has 3 aromatic rings. The fourth-order valence-electron chi connectivity index (χ4n) is 2.31. The molecule has 0 aliphatic rings. The summed E-state index contributed by atoms with van der Waals surface area (Å²) in [6.07, 6.45) is 3.56. The van der Waals surface area contributed by atoms with E-state index in [-0.39, 0.29) is 5.91 Å². The Kier molecular flexibility index (Phi) is 5.70. The summed E-state index contributed by atoms with van der Waals surface area (Å²) in [4.78, 5) is 17.1. The second-order valence-corrected chi connectivity index (χ2v) is 6.10. The topological polar surface area (TPSA) is 79.4 Å². The highest BCUT2D eigenvalue weighted by Crippen LogP contribution is 2.27. The van der Waals surface area contributed by atoms with Gasteiger partial charge in [-0.15, -0.1) is 11.8 Å². The SMILES string of the molecule is COc1ccc(NC(=O)c2c(SC)n[nH]c2/N=C/c2ccccc2)cc1. The van der Waals surface area contributed by atoms with Crippen molar-refractivity contribution in [1.82, 2.24) is 10.2 Å². The van der Waals surface area contributed by atoms with Crippen LogP contribution in [0, 0.1) is 0 Å². The van der Waals surface area contributed by atoms with E-state index in [1.165, 1.54) is 11.8 Å². The summed E-state index contributed by atoms with van der Waals surface area (Å²) in [5.74, 6) is 0.877. The molecule has 0 aliphatic heterocycles. The first-order valence-corrected chi connectivity index (χ1v) is 9.10. The third kappa shape index (κ3) is 4.12. The second-order valence-electron chi connectivity index (χ2n) is 5.31. The number of aromatic nitrogens is 2. The number of carbonyl (C=O) groups is 1. The van der Waals surface area contributed by atoms with Gasteiger partial charge < -0.3 is 10.1 Å². The minimum atomic E-state index is -0.270. The van der Waals surface area contributed by atoms with E-state index < -0.39 is 0 Å². The number of amides is 1. The normalized spacial score (nSPS) is 10.8. The average Bonchev–Trinajstić information content (AvgIpc) is 3.11. The van der Waals surface area contributed by atoms with Gasteiger partial charge in [0.1, 0.15) is 16.3 Å². The van der Waals surface area contributed by atoms with Crippen LogP contribution in [-0.2, 0) is 0 Å². The van der Waals surface area contributed by atoms with E-state index in [1.54, 1.807) is 37.6 Å². The van der Waals surface area contributed by atoms with Crippen LogP contribution in [0.25, 0.3) is 0 Å². The van der Waals surface area contributed by atoms with Crippen molar-refractivity contribution >= 4 is 35.4 Å². The van der Waals surface area contributed by atoms with Crippen molar-refractivity contribution in [3.8, 4) is 5.75 Å². The van der Waals surface area contributed by atoms with E-state index in [0.717, 1.165) is 11.3 Å². The number of benzene rings is 2. The maximum absolute atomic E-state index is 12.8. The average molecular weight is 366 g/mol. The van der Waals surface area contributed by atoms with Crippen molar-refractivity contribution in [1.29, 1.82) is 0 Å². The van der Waals surface area contributed by atoms with E-state index in [2.05, 4.69) is 20.5 Å². The molecule has 0 atom stereocenters. The molecule has 1 heterocycles. The van der Waals surface area contributed by atoms with E-state index in [1.807, 2.05) is 36.6 Å². The Bertz CT molecular complexity index is 905. The lowest BCUT2D eigenvalue weighted by Crippen LogP contribution is -2.12. The molecule has 0 spiro atoms. The van der Waals surface area contributed by atoms with E-state index in [0.29, 0.717) is 22.1 Å². The first-order chi connectivity index (χ1) is 12.7. The largest absolute Gasteiger partial charge is 0.497 e. The molecule has 0 unspecified atom stereocenters. The van der Waals surface area contributed by atoms with Crippen LogP contribution in [0.3, 0.4) is 0 Å². The highest BCUT2D eigenvalue weighted by Gasteiger charge is 2.20. The number of carbonyl (C=O) groups excluding carboxylic acids is 1. The van der Waals surface area contributed by atoms with Crippen molar-refractivity contribution in [2.45, 2.75) is 5.03 Å². The highest BCUT2D eigenvalue weighted by atomic mass is 32.2. The molecule has 0 aliphatic carbocycles. The number of hydrogen-bond donors (Lipinski definition) is 2. The molecule has 1 amide bonds. The Balaban J connectivity index is 1.84. The molecule has 2 aromatic carbocycles. The first kappa shape index (κ1) is 17.8. The van der Waals surface area contributed by atoms with E-state index in [4.69, 9.17) is 4.74 Å². The molecule has 0 radical (unpaired) electrons. The van der Waals surface area contributed by atoms with E-state index >= 15 is 0 Å². The van der Waals surface area contributed by atoms with Crippen LogP contribution in [0.5, 0.6) is 5.75 Å². The van der Waals surface area contributed by atoms with Gasteiger partial charge in [0.2, 0.25) is 0 Å². The minimum absolute atomic E-state index is 0.270. The van der Waals surface area contributed by atoms with Crippen LogP contribution in [0.15, 0.2) is 64.6 Å². The monoisotopic (exact) mass is 366 g/mol. The number of ether oxygens (including phenoxy) is 1. The lowest BCUT2D eigenvalue weighted by molar-refractivity contribution is 0.102. The smallest absolute Gasteiger partial charge is 0.262 e. The molecule has 0 bridgehead atoms. The third-order valence-corrected chi connectivity index (χ3v) is 4.31. The molecule has 1 aromatic heterocycles. The number of anilines is 1. The first-order valence-electron chi connectivity index (χ1n) is 7.88. The van der Waals surface area contributed by atoms with Crippen molar-refractivity contribution in [3.05, 3.63) is 65.7 Å². The van der Waals surface area contributed by atoms with Crippen LogP contribution in [0.4, 0.5) is 11.5 Å². The number of H-pyrrole nitrogens is 1. The molecule has 132 valence electrons. The van der Waals surface area contributed by atoms with Crippen molar-refractivity contribution in [2.24, 2.45) is 4.99 Å². The van der Waals surface area contributed by atoms with Gasteiger partial charge in [0.05, 0.1) is 7.11 Å². The van der Waals surface area contributed by atoms with Gasteiger partial charge in [0.15, 0.2) is 5.82 Å². The Hall–Kier alpha value is -3.06. The summed E-state index contributed by atoms with van der Waals surface area (Å²) >= 11 is 1.39.